The average Bonchev–Trinajstić information content (AvgIpc) is 2.70. The molecule has 0 N–H and O–H groups in total. The zero-order valence-electron chi connectivity index (χ0n) is 16.0. The fraction of sp³-hybridized carbons (Fsp3) is 0.182. The van der Waals surface area contributed by atoms with Crippen molar-refractivity contribution in [1.82, 2.24) is 0 Å². The van der Waals surface area contributed by atoms with Crippen LogP contribution in [0.3, 0.4) is 0 Å². The highest BCUT2D eigenvalue weighted by Gasteiger charge is 2.30. The van der Waals surface area contributed by atoms with Gasteiger partial charge >= 0.3 is 0 Å². The van der Waals surface area contributed by atoms with Crippen molar-refractivity contribution in [3.8, 4) is 5.75 Å². The van der Waals surface area contributed by atoms with Crippen LogP contribution in [0.1, 0.15) is 24.1 Å². The van der Waals surface area contributed by atoms with E-state index in [1.54, 1.807) is 31.4 Å². The molecular formula is C22H22FNO3S. The van der Waals surface area contributed by atoms with E-state index in [-0.39, 0.29) is 4.90 Å². The fourth-order valence-corrected chi connectivity index (χ4v) is 4.64. The summed E-state index contributed by atoms with van der Waals surface area (Å²) in [5.41, 5.74) is 2.38. The summed E-state index contributed by atoms with van der Waals surface area (Å²) in [6.45, 7) is 3.76. The predicted molar refractivity (Wildman–Crippen MR) is 109 cm³/mol. The second-order valence-corrected chi connectivity index (χ2v) is 8.35. The zero-order valence-corrected chi connectivity index (χ0v) is 16.8. The molecule has 28 heavy (non-hydrogen) atoms. The molecule has 4 nitrogen and oxygen atoms in total. The van der Waals surface area contributed by atoms with Crippen molar-refractivity contribution in [1.29, 1.82) is 0 Å². The molecule has 0 aromatic heterocycles. The van der Waals surface area contributed by atoms with E-state index < -0.39 is 21.9 Å². The Morgan fingerprint density at radius 3 is 2.00 bits per heavy atom. The van der Waals surface area contributed by atoms with Crippen molar-refractivity contribution in [2.24, 2.45) is 0 Å². The first-order valence-corrected chi connectivity index (χ1v) is 10.3. The van der Waals surface area contributed by atoms with Crippen LogP contribution in [0.4, 0.5) is 10.1 Å². The topological polar surface area (TPSA) is 46.6 Å². The summed E-state index contributed by atoms with van der Waals surface area (Å²) in [4.78, 5) is 0.0369. The lowest BCUT2D eigenvalue weighted by molar-refractivity contribution is 0.414. The smallest absolute Gasteiger partial charge is 0.264 e. The van der Waals surface area contributed by atoms with E-state index in [2.05, 4.69) is 0 Å². The molecule has 0 radical (unpaired) electrons. The molecule has 0 aliphatic carbocycles. The van der Waals surface area contributed by atoms with E-state index in [9.17, 15) is 12.8 Å². The Labute approximate surface area is 165 Å². The average molecular weight is 399 g/mol. The molecule has 1 unspecified atom stereocenters. The Bertz CT molecular complexity index is 1030. The van der Waals surface area contributed by atoms with E-state index in [1.807, 2.05) is 38.1 Å². The second kappa shape index (κ2) is 8.02. The first-order valence-electron chi connectivity index (χ1n) is 8.83. The Hall–Kier alpha value is -2.86. The van der Waals surface area contributed by atoms with Gasteiger partial charge in [-0.15, -0.1) is 0 Å². The molecule has 0 bridgehead atoms. The number of benzene rings is 3. The van der Waals surface area contributed by atoms with E-state index in [1.165, 1.54) is 16.4 Å². The van der Waals surface area contributed by atoms with Crippen LogP contribution in [0.25, 0.3) is 0 Å². The summed E-state index contributed by atoms with van der Waals surface area (Å²) < 4.78 is 46.8. The Morgan fingerprint density at radius 2 is 1.46 bits per heavy atom. The first kappa shape index (κ1) is 19.9. The van der Waals surface area contributed by atoms with Gasteiger partial charge in [0, 0.05) is 0 Å². The highest BCUT2D eigenvalue weighted by Crippen LogP contribution is 2.34. The molecule has 0 heterocycles. The van der Waals surface area contributed by atoms with Crippen LogP contribution in [-0.4, -0.2) is 15.5 Å². The van der Waals surface area contributed by atoms with Crippen LogP contribution in [0.5, 0.6) is 5.75 Å². The number of ether oxygens (including phenoxy) is 1. The molecule has 3 rings (SSSR count). The summed E-state index contributed by atoms with van der Waals surface area (Å²) in [5, 5.41) is 0. The third kappa shape index (κ3) is 4.02. The Kier molecular flexibility index (Phi) is 5.70. The van der Waals surface area contributed by atoms with Crippen LogP contribution in [-0.2, 0) is 10.0 Å². The number of nitrogens with zero attached hydrogens (tertiary/aromatic N) is 1. The number of anilines is 1. The number of sulfonamides is 1. The number of hydrogen-bond donors (Lipinski definition) is 0. The second-order valence-electron chi connectivity index (χ2n) is 6.54. The van der Waals surface area contributed by atoms with Gasteiger partial charge in [0.2, 0.25) is 0 Å². The predicted octanol–water partition coefficient (Wildman–Crippen LogP) is 5.10. The van der Waals surface area contributed by atoms with Crippen molar-refractivity contribution < 1.29 is 17.5 Å². The Balaban J connectivity index is 2.11. The van der Waals surface area contributed by atoms with Gasteiger partial charge in [0.25, 0.3) is 10.0 Å². The molecule has 0 amide bonds. The van der Waals surface area contributed by atoms with E-state index in [4.69, 9.17) is 4.74 Å². The van der Waals surface area contributed by atoms with E-state index in [0.29, 0.717) is 11.4 Å². The third-order valence-electron chi connectivity index (χ3n) is 4.61. The lowest BCUT2D eigenvalue weighted by atomic mass is 10.1. The van der Waals surface area contributed by atoms with Crippen LogP contribution in [0.15, 0.2) is 77.7 Å². The van der Waals surface area contributed by atoms with Crippen LogP contribution >= 0.6 is 0 Å². The molecule has 0 saturated heterocycles. The van der Waals surface area contributed by atoms with Gasteiger partial charge < -0.3 is 4.74 Å². The largest absolute Gasteiger partial charge is 0.497 e. The molecule has 0 fully saturated rings. The van der Waals surface area contributed by atoms with Crippen LogP contribution in [0, 0.1) is 12.7 Å². The maximum Gasteiger partial charge on any atom is 0.264 e. The SMILES string of the molecule is COc1ccc(C(C)N(c2ccc(C)cc2)S(=O)(=O)c2ccc(F)cc2)cc1. The number of methoxy groups -OCH3 is 1. The molecule has 146 valence electrons. The lowest BCUT2D eigenvalue weighted by Gasteiger charge is -2.31. The van der Waals surface area contributed by atoms with E-state index >= 15 is 0 Å². The molecule has 3 aromatic rings. The number of aryl methyl sites for hydroxylation is 1. The van der Waals surface area contributed by atoms with Crippen molar-refractivity contribution in [3.63, 3.8) is 0 Å². The number of rotatable bonds is 6. The van der Waals surface area contributed by atoms with Crippen molar-refractivity contribution in [3.05, 3.63) is 89.7 Å². The molecule has 0 aliphatic rings. The molecule has 0 spiro atoms. The normalized spacial score (nSPS) is 12.4. The first-order chi connectivity index (χ1) is 13.3. The third-order valence-corrected chi connectivity index (χ3v) is 6.52. The molecule has 0 saturated carbocycles. The maximum atomic E-state index is 13.4. The standard InChI is InChI=1S/C22H22FNO3S/c1-16-4-10-20(11-5-16)24(17(2)18-6-12-21(27-3)13-7-18)28(25,26)22-14-8-19(23)9-15-22/h4-15,17H,1-3H3. The molecule has 1 atom stereocenters. The van der Waals surface area contributed by atoms with Gasteiger partial charge in [-0.3, -0.25) is 4.31 Å². The molecule has 6 heteroatoms. The summed E-state index contributed by atoms with van der Waals surface area (Å²) in [6, 6.07) is 18.9. The number of hydrogen-bond acceptors (Lipinski definition) is 3. The minimum absolute atomic E-state index is 0.0369. The maximum absolute atomic E-state index is 13.4. The monoisotopic (exact) mass is 399 g/mol. The van der Waals surface area contributed by atoms with E-state index in [0.717, 1.165) is 23.3 Å². The highest BCUT2D eigenvalue weighted by atomic mass is 32.2. The summed E-state index contributed by atoms with van der Waals surface area (Å²) in [5.74, 6) is 0.211. The summed E-state index contributed by atoms with van der Waals surface area (Å²) >= 11 is 0. The summed E-state index contributed by atoms with van der Waals surface area (Å²) in [7, 11) is -2.33. The minimum Gasteiger partial charge on any atom is -0.497 e. The van der Waals surface area contributed by atoms with Gasteiger partial charge in [-0.25, -0.2) is 12.8 Å². The van der Waals surface area contributed by atoms with Crippen molar-refractivity contribution in [2.45, 2.75) is 24.8 Å². The van der Waals surface area contributed by atoms with Gasteiger partial charge in [-0.2, -0.15) is 0 Å². The zero-order chi connectivity index (χ0) is 20.3. The minimum atomic E-state index is -3.91. The summed E-state index contributed by atoms with van der Waals surface area (Å²) in [6.07, 6.45) is 0. The van der Waals surface area contributed by atoms with Crippen LogP contribution < -0.4 is 9.04 Å². The molecule has 3 aromatic carbocycles. The quantitative estimate of drug-likeness (QED) is 0.579. The Morgan fingerprint density at radius 1 is 0.893 bits per heavy atom. The van der Waals surface area contributed by atoms with Crippen LogP contribution in [0.2, 0.25) is 0 Å². The van der Waals surface area contributed by atoms with Crippen molar-refractivity contribution >= 4 is 15.7 Å². The number of halogens is 1. The van der Waals surface area contributed by atoms with Gasteiger partial charge in [0.1, 0.15) is 11.6 Å². The molecule has 0 aliphatic heterocycles. The fourth-order valence-electron chi connectivity index (χ4n) is 3.00. The molecular weight excluding hydrogens is 377 g/mol. The lowest BCUT2D eigenvalue weighted by Crippen LogP contribution is -2.33. The van der Waals surface area contributed by atoms with Gasteiger partial charge in [0.05, 0.1) is 23.7 Å². The highest BCUT2D eigenvalue weighted by molar-refractivity contribution is 7.92. The van der Waals surface area contributed by atoms with Gasteiger partial charge in [-0.05, 0) is 67.9 Å². The van der Waals surface area contributed by atoms with Gasteiger partial charge in [0.15, 0.2) is 0 Å². The van der Waals surface area contributed by atoms with Gasteiger partial charge in [-0.1, -0.05) is 29.8 Å². The van der Waals surface area contributed by atoms with Crippen molar-refractivity contribution in [2.75, 3.05) is 11.4 Å².